The first kappa shape index (κ1) is 13.9. The molecule has 0 aromatic heterocycles. The lowest BCUT2D eigenvalue weighted by atomic mass is 9.88. The third-order valence-corrected chi connectivity index (χ3v) is 3.57. The number of amides is 1. The van der Waals surface area contributed by atoms with Gasteiger partial charge in [0.15, 0.2) is 0 Å². The van der Waals surface area contributed by atoms with E-state index in [9.17, 15) is 4.79 Å². The van der Waals surface area contributed by atoms with Crippen LogP contribution in [0.4, 0.5) is 5.69 Å². The number of benzene rings is 1. The topological polar surface area (TPSA) is 38.3 Å². The molecular formula is C16H23NO2. The molecule has 1 saturated carbocycles. The Morgan fingerprint density at radius 2 is 1.89 bits per heavy atom. The van der Waals surface area contributed by atoms with Crippen LogP contribution in [0.15, 0.2) is 24.3 Å². The van der Waals surface area contributed by atoms with Crippen molar-refractivity contribution in [1.29, 1.82) is 0 Å². The fourth-order valence-electron chi connectivity index (χ4n) is 2.46. The first-order valence-electron chi connectivity index (χ1n) is 7.33. The Morgan fingerprint density at radius 1 is 1.21 bits per heavy atom. The molecule has 3 nitrogen and oxygen atoms in total. The number of hydrogen-bond acceptors (Lipinski definition) is 2. The molecule has 1 aliphatic carbocycles. The van der Waals surface area contributed by atoms with Crippen LogP contribution in [0.3, 0.4) is 0 Å². The molecule has 0 unspecified atom stereocenters. The predicted octanol–water partition coefficient (Wildman–Crippen LogP) is 3.99. The highest BCUT2D eigenvalue weighted by molar-refractivity contribution is 5.92. The number of anilines is 1. The summed E-state index contributed by atoms with van der Waals surface area (Å²) in [5, 5.41) is 3.00. The van der Waals surface area contributed by atoms with Crippen molar-refractivity contribution in [2.75, 3.05) is 11.9 Å². The Kier molecular flexibility index (Phi) is 5.25. The summed E-state index contributed by atoms with van der Waals surface area (Å²) in [6.07, 6.45) is 6.70. The van der Waals surface area contributed by atoms with Gasteiger partial charge in [-0.15, -0.1) is 0 Å². The van der Waals surface area contributed by atoms with Crippen LogP contribution in [0.25, 0.3) is 0 Å². The summed E-state index contributed by atoms with van der Waals surface area (Å²) in [5.41, 5.74) is 0.861. The Hall–Kier alpha value is -1.51. The molecule has 0 aliphatic heterocycles. The summed E-state index contributed by atoms with van der Waals surface area (Å²) in [4.78, 5) is 12.1. The first-order valence-corrected chi connectivity index (χ1v) is 7.33. The van der Waals surface area contributed by atoms with Crippen LogP contribution < -0.4 is 10.1 Å². The van der Waals surface area contributed by atoms with Crippen molar-refractivity contribution in [1.82, 2.24) is 0 Å². The second kappa shape index (κ2) is 7.17. The zero-order valence-electron chi connectivity index (χ0n) is 11.7. The van der Waals surface area contributed by atoms with Crippen LogP contribution >= 0.6 is 0 Å². The van der Waals surface area contributed by atoms with Gasteiger partial charge in [-0.2, -0.15) is 0 Å². The van der Waals surface area contributed by atoms with Crippen LogP contribution in [0.2, 0.25) is 0 Å². The average Bonchev–Trinajstić information content (AvgIpc) is 2.47. The second-order valence-electron chi connectivity index (χ2n) is 5.20. The molecule has 0 spiro atoms. The van der Waals surface area contributed by atoms with Gasteiger partial charge in [0.2, 0.25) is 5.91 Å². The van der Waals surface area contributed by atoms with E-state index < -0.39 is 0 Å². The monoisotopic (exact) mass is 261 g/mol. The quantitative estimate of drug-likeness (QED) is 0.870. The normalized spacial score (nSPS) is 16.1. The fourth-order valence-corrected chi connectivity index (χ4v) is 2.46. The van der Waals surface area contributed by atoms with Crippen molar-refractivity contribution >= 4 is 11.6 Å². The van der Waals surface area contributed by atoms with Crippen molar-refractivity contribution in [2.24, 2.45) is 5.92 Å². The van der Waals surface area contributed by atoms with E-state index in [0.29, 0.717) is 0 Å². The molecule has 0 saturated heterocycles. The lowest BCUT2D eigenvalue weighted by molar-refractivity contribution is -0.120. The van der Waals surface area contributed by atoms with Gasteiger partial charge >= 0.3 is 0 Å². The van der Waals surface area contributed by atoms with Gasteiger partial charge < -0.3 is 10.1 Å². The minimum absolute atomic E-state index is 0.168. The SMILES string of the molecule is CCCOc1ccc(NC(=O)C2CCCCC2)cc1. The highest BCUT2D eigenvalue weighted by atomic mass is 16.5. The minimum Gasteiger partial charge on any atom is -0.494 e. The third-order valence-electron chi connectivity index (χ3n) is 3.57. The Morgan fingerprint density at radius 3 is 2.53 bits per heavy atom. The average molecular weight is 261 g/mol. The molecule has 1 fully saturated rings. The fraction of sp³-hybridized carbons (Fsp3) is 0.562. The minimum atomic E-state index is 0.168. The van der Waals surface area contributed by atoms with Crippen LogP contribution in [0.5, 0.6) is 5.75 Å². The summed E-state index contributed by atoms with van der Waals surface area (Å²) >= 11 is 0. The molecule has 2 rings (SSSR count). The lowest BCUT2D eigenvalue weighted by Gasteiger charge is -2.20. The maximum Gasteiger partial charge on any atom is 0.227 e. The van der Waals surface area contributed by atoms with Gasteiger partial charge in [-0.1, -0.05) is 26.2 Å². The van der Waals surface area contributed by atoms with Crippen molar-refractivity contribution in [3.05, 3.63) is 24.3 Å². The van der Waals surface area contributed by atoms with Gasteiger partial charge in [-0.3, -0.25) is 4.79 Å². The van der Waals surface area contributed by atoms with Gasteiger partial charge in [0.1, 0.15) is 5.75 Å². The van der Waals surface area contributed by atoms with Crippen molar-refractivity contribution in [3.63, 3.8) is 0 Å². The molecule has 19 heavy (non-hydrogen) atoms. The van der Waals surface area contributed by atoms with Crippen LogP contribution in [-0.2, 0) is 4.79 Å². The number of hydrogen-bond donors (Lipinski definition) is 1. The largest absolute Gasteiger partial charge is 0.494 e. The summed E-state index contributed by atoms with van der Waals surface area (Å²) in [6, 6.07) is 7.63. The van der Waals surface area contributed by atoms with E-state index >= 15 is 0 Å². The lowest BCUT2D eigenvalue weighted by Crippen LogP contribution is -2.24. The molecule has 1 aliphatic rings. The standard InChI is InChI=1S/C16H23NO2/c1-2-12-19-15-10-8-14(9-11-15)17-16(18)13-6-4-3-5-7-13/h8-11,13H,2-7,12H2,1H3,(H,17,18). The van der Waals surface area contributed by atoms with Crippen LogP contribution in [0.1, 0.15) is 45.4 Å². The summed E-state index contributed by atoms with van der Waals surface area (Å²) in [5.74, 6) is 1.23. The zero-order chi connectivity index (χ0) is 13.5. The smallest absolute Gasteiger partial charge is 0.227 e. The van der Waals surface area contributed by atoms with E-state index in [0.717, 1.165) is 37.3 Å². The first-order chi connectivity index (χ1) is 9.29. The molecule has 0 bridgehead atoms. The van der Waals surface area contributed by atoms with Gasteiger partial charge in [0.05, 0.1) is 6.61 Å². The van der Waals surface area contributed by atoms with Crippen molar-refractivity contribution in [3.8, 4) is 5.75 Å². The Labute approximate surface area is 115 Å². The number of carbonyl (C=O) groups is 1. The molecule has 3 heteroatoms. The van der Waals surface area contributed by atoms with E-state index in [2.05, 4.69) is 12.2 Å². The molecule has 0 radical (unpaired) electrons. The molecule has 104 valence electrons. The molecule has 0 atom stereocenters. The van der Waals surface area contributed by atoms with E-state index in [-0.39, 0.29) is 11.8 Å². The molecular weight excluding hydrogens is 238 g/mol. The summed E-state index contributed by atoms with van der Waals surface area (Å²) in [6.45, 7) is 2.81. The summed E-state index contributed by atoms with van der Waals surface area (Å²) < 4.78 is 5.52. The van der Waals surface area contributed by atoms with Gasteiger partial charge in [0.25, 0.3) is 0 Å². The second-order valence-corrected chi connectivity index (χ2v) is 5.20. The zero-order valence-corrected chi connectivity index (χ0v) is 11.7. The predicted molar refractivity (Wildman–Crippen MR) is 77.4 cm³/mol. The van der Waals surface area contributed by atoms with E-state index in [1.165, 1.54) is 19.3 Å². The molecule has 1 aromatic rings. The van der Waals surface area contributed by atoms with Crippen molar-refractivity contribution in [2.45, 2.75) is 45.4 Å². The van der Waals surface area contributed by atoms with E-state index in [1.54, 1.807) is 0 Å². The van der Waals surface area contributed by atoms with E-state index in [4.69, 9.17) is 4.74 Å². The van der Waals surface area contributed by atoms with Gasteiger partial charge in [0, 0.05) is 11.6 Å². The van der Waals surface area contributed by atoms with Gasteiger partial charge in [-0.05, 0) is 43.5 Å². The summed E-state index contributed by atoms with van der Waals surface area (Å²) in [7, 11) is 0. The van der Waals surface area contributed by atoms with E-state index in [1.807, 2.05) is 24.3 Å². The Balaban J connectivity index is 1.86. The Bertz CT molecular complexity index is 394. The number of carbonyl (C=O) groups excluding carboxylic acids is 1. The number of nitrogens with one attached hydrogen (secondary N) is 1. The molecule has 1 aromatic carbocycles. The van der Waals surface area contributed by atoms with Crippen LogP contribution in [0, 0.1) is 5.92 Å². The van der Waals surface area contributed by atoms with Crippen LogP contribution in [-0.4, -0.2) is 12.5 Å². The molecule has 1 N–H and O–H groups in total. The maximum absolute atomic E-state index is 12.1. The highest BCUT2D eigenvalue weighted by Crippen LogP contribution is 2.25. The maximum atomic E-state index is 12.1. The number of ether oxygens (including phenoxy) is 1. The van der Waals surface area contributed by atoms with Gasteiger partial charge in [-0.25, -0.2) is 0 Å². The molecule has 0 heterocycles. The number of rotatable bonds is 5. The van der Waals surface area contributed by atoms with Crippen molar-refractivity contribution < 1.29 is 9.53 Å². The third kappa shape index (κ3) is 4.27. The molecule has 1 amide bonds. The highest BCUT2D eigenvalue weighted by Gasteiger charge is 2.20.